The molecule has 1 unspecified atom stereocenters. The van der Waals surface area contributed by atoms with Gasteiger partial charge in [0.1, 0.15) is 0 Å². The smallest absolute Gasteiger partial charge is 0.256 e. The molecule has 1 amide bonds. The molecule has 1 aromatic carbocycles. The molecule has 1 aliphatic heterocycles. The second-order valence-electron chi connectivity index (χ2n) is 4.45. The third kappa shape index (κ3) is 3.45. The molecule has 18 heavy (non-hydrogen) atoms. The highest BCUT2D eigenvalue weighted by atomic mass is 35.5. The van der Waals surface area contributed by atoms with Crippen molar-refractivity contribution in [3.8, 4) is 0 Å². The van der Waals surface area contributed by atoms with E-state index in [9.17, 15) is 9.90 Å². The van der Waals surface area contributed by atoms with Crippen LogP contribution in [0.1, 0.15) is 18.6 Å². The molecule has 0 radical (unpaired) electrons. The van der Waals surface area contributed by atoms with E-state index in [1.54, 1.807) is 17.0 Å². The molecule has 0 aliphatic carbocycles. The average molecular weight is 271 g/mol. The highest BCUT2D eigenvalue weighted by Crippen LogP contribution is 2.16. The maximum absolute atomic E-state index is 12.1. The van der Waals surface area contributed by atoms with Crippen molar-refractivity contribution in [1.82, 2.24) is 10.2 Å². The lowest BCUT2D eigenvalue weighted by Crippen LogP contribution is -2.52. The molecule has 2 rings (SSSR count). The third-order valence-corrected chi connectivity index (χ3v) is 3.03. The SMILES string of the molecule is C[C@@H]1CN(C(=O)C(O)c2ccccc2)CCN1.Cl. The monoisotopic (exact) mass is 270 g/mol. The summed E-state index contributed by atoms with van der Waals surface area (Å²) >= 11 is 0. The van der Waals surface area contributed by atoms with Gasteiger partial charge in [0.05, 0.1) is 0 Å². The highest BCUT2D eigenvalue weighted by molar-refractivity contribution is 5.85. The van der Waals surface area contributed by atoms with Gasteiger partial charge in [-0.1, -0.05) is 30.3 Å². The number of piperazine rings is 1. The lowest BCUT2D eigenvalue weighted by atomic mass is 10.1. The molecular formula is C13H19ClN2O2. The van der Waals surface area contributed by atoms with Gasteiger partial charge in [-0.25, -0.2) is 0 Å². The Hall–Kier alpha value is -1.10. The molecule has 1 heterocycles. The zero-order chi connectivity index (χ0) is 12.3. The van der Waals surface area contributed by atoms with Crippen molar-refractivity contribution in [3.63, 3.8) is 0 Å². The maximum atomic E-state index is 12.1. The molecule has 0 bridgehead atoms. The summed E-state index contributed by atoms with van der Waals surface area (Å²) in [6.07, 6.45) is -1.04. The van der Waals surface area contributed by atoms with Gasteiger partial charge >= 0.3 is 0 Å². The normalized spacial score (nSPS) is 21.0. The summed E-state index contributed by atoms with van der Waals surface area (Å²) < 4.78 is 0. The first-order chi connectivity index (χ1) is 8.18. The van der Waals surface area contributed by atoms with Gasteiger partial charge in [0.2, 0.25) is 0 Å². The predicted molar refractivity (Wildman–Crippen MR) is 72.7 cm³/mol. The molecule has 1 aromatic rings. The number of halogens is 1. The molecule has 2 atom stereocenters. The average Bonchev–Trinajstić information content (AvgIpc) is 2.38. The fourth-order valence-corrected chi connectivity index (χ4v) is 2.08. The Balaban J connectivity index is 0.00000162. The minimum absolute atomic E-state index is 0. The molecule has 1 saturated heterocycles. The first-order valence-electron chi connectivity index (χ1n) is 5.93. The van der Waals surface area contributed by atoms with E-state index in [4.69, 9.17) is 0 Å². The number of benzene rings is 1. The molecule has 1 fully saturated rings. The highest BCUT2D eigenvalue weighted by Gasteiger charge is 2.26. The summed E-state index contributed by atoms with van der Waals surface area (Å²) in [5.41, 5.74) is 0.656. The van der Waals surface area contributed by atoms with E-state index in [-0.39, 0.29) is 24.4 Å². The van der Waals surface area contributed by atoms with Crippen LogP contribution in [0, 0.1) is 0 Å². The zero-order valence-electron chi connectivity index (χ0n) is 10.4. The fourth-order valence-electron chi connectivity index (χ4n) is 2.08. The van der Waals surface area contributed by atoms with Crippen LogP contribution in [-0.2, 0) is 4.79 Å². The molecule has 5 heteroatoms. The van der Waals surface area contributed by atoms with Crippen LogP contribution < -0.4 is 5.32 Å². The second kappa shape index (κ2) is 6.73. The number of rotatable bonds is 2. The van der Waals surface area contributed by atoms with Crippen LogP contribution in [0.4, 0.5) is 0 Å². The van der Waals surface area contributed by atoms with E-state index in [1.165, 1.54) is 0 Å². The Morgan fingerprint density at radius 2 is 2.11 bits per heavy atom. The van der Waals surface area contributed by atoms with E-state index in [0.29, 0.717) is 18.7 Å². The van der Waals surface area contributed by atoms with Crippen LogP contribution in [0.15, 0.2) is 30.3 Å². The second-order valence-corrected chi connectivity index (χ2v) is 4.45. The number of nitrogens with zero attached hydrogens (tertiary/aromatic N) is 1. The quantitative estimate of drug-likeness (QED) is 0.842. The number of amides is 1. The van der Waals surface area contributed by atoms with Crippen molar-refractivity contribution in [1.29, 1.82) is 0 Å². The van der Waals surface area contributed by atoms with Crippen LogP contribution in [-0.4, -0.2) is 41.6 Å². The van der Waals surface area contributed by atoms with Crippen LogP contribution in [0.25, 0.3) is 0 Å². The van der Waals surface area contributed by atoms with E-state index < -0.39 is 6.10 Å². The Bertz CT molecular complexity index is 386. The van der Waals surface area contributed by atoms with E-state index in [2.05, 4.69) is 5.32 Å². The van der Waals surface area contributed by atoms with Gasteiger partial charge in [-0.15, -0.1) is 12.4 Å². The van der Waals surface area contributed by atoms with Crippen molar-refractivity contribution >= 4 is 18.3 Å². The first kappa shape index (κ1) is 15.0. The Morgan fingerprint density at radius 1 is 1.44 bits per heavy atom. The molecule has 0 saturated carbocycles. The Kier molecular flexibility index (Phi) is 5.59. The van der Waals surface area contributed by atoms with Gasteiger partial charge < -0.3 is 15.3 Å². The first-order valence-corrected chi connectivity index (χ1v) is 5.93. The number of nitrogens with one attached hydrogen (secondary N) is 1. The van der Waals surface area contributed by atoms with Gasteiger partial charge in [0.25, 0.3) is 5.91 Å². The van der Waals surface area contributed by atoms with E-state index in [1.807, 2.05) is 25.1 Å². The number of aliphatic hydroxyl groups is 1. The predicted octanol–water partition coefficient (Wildman–Crippen LogP) is 0.962. The molecule has 100 valence electrons. The summed E-state index contributed by atoms with van der Waals surface area (Å²) in [6.45, 7) is 4.14. The van der Waals surface area contributed by atoms with Crippen molar-refractivity contribution in [3.05, 3.63) is 35.9 Å². The van der Waals surface area contributed by atoms with Gasteiger partial charge in [-0.2, -0.15) is 0 Å². The van der Waals surface area contributed by atoms with Crippen LogP contribution in [0.3, 0.4) is 0 Å². The fraction of sp³-hybridized carbons (Fsp3) is 0.462. The molecular weight excluding hydrogens is 252 g/mol. The number of aliphatic hydroxyl groups excluding tert-OH is 1. The van der Waals surface area contributed by atoms with Gasteiger partial charge in [0.15, 0.2) is 6.10 Å². The summed E-state index contributed by atoms with van der Waals surface area (Å²) in [5.74, 6) is -0.204. The maximum Gasteiger partial charge on any atom is 0.256 e. The minimum Gasteiger partial charge on any atom is -0.378 e. The van der Waals surface area contributed by atoms with Crippen molar-refractivity contribution in [2.24, 2.45) is 0 Å². The summed E-state index contributed by atoms with van der Waals surface area (Å²) in [7, 11) is 0. The molecule has 2 N–H and O–H groups in total. The number of carbonyl (C=O) groups is 1. The molecule has 1 aliphatic rings. The lowest BCUT2D eigenvalue weighted by Gasteiger charge is -2.33. The summed E-state index contributed by atoms with van der Waals surface area (Å²) in [5, 5.41) is 13.3. The van der Waals surface area contributed by atoms with Crippen LogP contribution in [0.5, 0.6) is 0 Å². The van der Waals surface area contributed by atoms with E-state index in [0.717, 1.165) is 6.54 Å². The van der Waals surface area contributed by atoms with Crippen LogP contribution >= 0.6 is 12.4 Å². The Morgan fingerprint density at radius 3 is 2.72 bits per heavy atom. The number of carbonyl (C=O) groups excluding carboxylic acids is 1. The van der Waals surface area contributed by atoms with Gasteiger partial charge in [-0.3, -0.25) is 4.79 Å². The summed E-state index contributed by atoms with van der Waals surface area (Å²) in [6, 6.07) is 9.35. The zero-order valence-corrected chi connectivity index (χ0v) is 11.2. The standard InChI is InChI=1S/C13H18N2O2.ClH/c1-10-9-15(8-7-14-10)13(17)12(16)11-5-3-2-4-6-11;/h2-6,10,12,14,16H,7-9H2,1H3;1H/t10-,12?;/m1./s1. The van der Waals surface area contributed by atoms with Crippen molar-refractivity contribution in [2.75, 3.05) is 19.6 Å². The minimum atomic E-state index is -1.04. The molecule has 4 nitrogen and oxygen atoms in total. The number of hydrogen-bond donors (Lipinski definition) is 2. The molecule has 0 aromatic heterocycles. The van der Waals surface area contributed by atoms with Crippen molar-refractivity contribution < 1.29 is 9.90 Å². The van der Waals surface area contributed by atoms with Gasteiger partial charge in [-0.05, 0) is 12.5 Å². The number of hydrogen-bond acceptors (Lipinski definition) is 3. The Labute approximate surface area is 113 Å². The molecule has 0 spiro atoms. The third-order valence-electron chi connectivity index (χ3n) is 3.03. The van der Waals surface area contributed by atoms with Crippen molar-refractivity contribution in [2.45, 2.75) is 19.1 Å². The van der Waals surface area contributed by atoms with E-state index >= 15 is 0 Å². The van der Waals surface area contributed by atoms with Crippen LogP contribution in [0.2, 0.25) is 0 Å². The largest absolute Gasteiger partial charge is 0.378 e. The summed E-state index contributed by atoms with van der Waals surface area (Å²) in [4.78, 5) is 13.8. The van der Waals surface area contributed by atoms with Gasteiger partial charge in [0, 0.05) is 25.7 Å². The topological polar surface area (TPSA) is 52.6 Å². The lowest BCUT2D eigenvalue weighted by molar-refractivity contribution is -0.141.